The SMILES string of the molecule is CCCCCCCCCCNc1ccc2c(ccc3c[n+]4c5ccccc5ccc4n32)c1. The van der Waals surface area contributed by atoms with Gasteiger partial charge in [0.15, 0.2) is 5.52 Å². The monoisotopic (exact) mass is 424 g/mol. The van der Waals surface area contributed by atoms with Crippen molar-refractivity contribution in [2.75, 3.05) is 11.9 Å². The van der Waals surface area contributed by atoms with Gasteiger partial charge in [-0.3, -0.25) is 0 Å². The van der Waals surface area contributed by atoms with E-state index in [9.17, 15) is 0 Å². The zero-order valence-corrected chi connectivity index (χ0v) is 19.2. The molecule has 3 aromatic heterocycles. The minimum atomic E-state index is 1.05. The first-order valence-corrected chi connectivity index (χ1v) is 12.4. The maximum Gasteiger partial charge on any atom is 0.292 e. The first kappa shape index (κ1) is 20.8. The van der Waals surface area contributed by atoms with Crippen LogP contribution < -0.4 is 9.72 Å². The highest BCUT2D eigenvalue weighted by atomic mass is 15.1. The number of anilines is 1. The Labute approximate surface area is 190 Å². The van der Waals surface area contributed by atoms with Crippen LogP contribution in [0.15, 0.2) is 72.9 Å². The molecule has 1 N–H and O–H groups in total. The molecule has 5 aromatic rings. The van der Waals surface area contributed by atoms with Gasteiger partial charge in [0.25, 0.3) is 5.65 Å². The Balaban J connectivity index is 1.31. The van der Waals surface area contributed by atoms with Crippen molar-refractivity contribution in [3.63, 3.8) is 0 Å². The van der Waals surface area contributed by atoms with E-state index in [4.69, 9.17) is 0 Å². The number of fused-ring (bicyclic) bond motifs is 7. The van der Waals surface area contributed by atoms with Crippen LogP contribution in [-0.2, 0) is 0 Å². The van der Waals surface area contributed by atoms with Crippen molar-refractivity contribution < 1.29 is 4.40 Å². The second kappa shape index (κ2) is 9.60. The Hall–Kier alpha value is -3.07. The number of hydrogen-bond acceptors (Lipinski definition) is 1. The van der Waals surface area contributed by atoms with Gasteiger partial charge in [0, 0.05) is 29.1 Å². The van der Waals surface area contributed by atoms with Gasteiger partial charge < -0.3 is 5.32 Å². The van der Waals surface area contributed by atoms with Crippen molar-refractivity contribution in [3.05, 3.63) is 72.9 Å². The molecule has 3 heterocycles. The van der Waals surface area contributed by atoms with E-state index >= 15 is 0 Å². The van der Waals surface area contributed by atoms with Crippen LogP contribution in [0.3, 0.4) is 0 Å². The molecule has 0 aliphatic heterocycles. The van der Waals surface area contributed by atoms with Crippen LogP contribution in [0, 0.1) is 0 Å². The molecule has 0 atom stereocenters. The van der Waals surface area contributed by atoms with E-state index in [-0.39, 0.29) is 0 Å². The Morgan fingerprint density at radius 1 is 0.750 bits per heavy atom. The van der Waals surface area contributed by atoms with E-state index in [2.05, 4.69) is 94.0 Å². The lowest BCUT2D eigenvalue weighted by Crippen LogP contribution is -2.19. The molecule has 3 heteroatoms. The van der Waals surface area contributed by atoms with Gasteiger partial charge in [-0.1, -0.05) is 70.1 Å². The maximum atomic E-state index is 3.64. The Kier molecular flexibility index (Phi) is 6.24. The molecule has 0 aliphatic rings. The number of unbranched alkanes of at least 4 members (excludes halogenated alkanes) is 7. The van der Waals surface area contributed by atoms with Gasteiger partial charge in [0.05, 0.1) is 0 Å². The summed E-state index contributed by atoms with van der Waals surface area (Å²) in [6.07, 6.45) is 13.1. The molecule has 0 spiro atoms. The van der Waals surface area contributed by atoms with E-state index < -0.39 is 0 Å². The number of rotatable bonds is 10. The fourth-order valence-corrected chi connectivity index (χ4v) is 4.90. The lowest BCUT2D eigenvalue weighted by Gasteiger charge is -2.07. The molecule has 2 aromatic carbocycles. The summed E-state index contributed by atoms with van der Waals surface area (Å²) in [5, 5.41) is 6.17. The molecule has 0 bridgehead atoms. The third kappa shape index (κ3) is 4.17. The number of para-hydroxylation sites is 1. The van der Waals surface area contributed by atoms with Crippen LogP contribution in [0.25, 0.3) is 33.0 Å². The molecule has 3 nitrogen and oxygen atoms in total. The van der Waals surface area contributed by atoms with Crippen LogP contribution in [0.1, 0.15) is 58.3 Å². The van der Waals surface area contributed by atoms with Crippen LogP contribution in [0.2, 0.25) is 0 Å². The molecule has 0 fully saturated rings. The first-order valence-electron chi connectivity index (χ1n) is 12.4. The second-order valence-electron chi connectivity index (χ2n) is 9.02. The highest BCUT2D eigenvalue weighted by Gasteiger charge is 2.16. The summed E-state index contributed by atoms with van der Waals surface area (Å²) in [6, 6.07) is 24.3. The average Bonchev–Trinajstić information content (AvgIpc) is 3.22. The molecule has 0 radical (unpaired) electrons. The van der Waals surface area contributed by atoms with Gasteiger partial charge in [-0.15, -0.1) is 0 Å². The second-order valence-corrected chi connectivity index (χ2v) is 9.02. The Morgan fingerprint density at radius 2 is 1.53 bits per heavy atom. The fourth-order valence-electron chi connectivity index (χ4n) is 4.90. The number of hydrogen-bond donors (Lipinski definition) is 1. The third-order valence-corrected chi connectivity index (χ3v) is 6.67. The van der Waals surface area contributed by atoms with Crippen LogP contribution in [0.4, 0.5) is 5.69 Å². The number of aromatic nitrogens is 2. The summed E-state index contributed by atoms with van der Waals surface area (Å²) in [7, 11) is 0. The predicted octanol–water partition coefficient (Wildman–Crippen LogP) is 7.54. The molecule has 164 valence electrons. The van der Waals surface area contributed by atoms with Gasteiger partial charge in [-0.25, -0.2) is 0 Å². The predicted molar refractivity (Wildman–Crippen MR) is 137 cm³/mol. The lowest BCUT2D eigenvalue weighted by molar-refractivity contribution is -0.479. The van der Waals surface area contributed by atoms with Crippen molar-refractivity contribution >= 4 is 38.7 Å². The van der Waals surface area contributed by atoms with E-state index in [1.807, 2.05) is 0 Å². The Morgan fingerprint density at radius 3 is 2.41 bits per heavy atom. The third-order valence-electron chi connectivity index (χ3n) is 6.67. The summed E-state index contributed by atoms with van der Waals surface area (Å²) in [4.78, 5) is 0. The molecule has 0 saturated heterocycles. The van der Waals surface area contributed by atoms with Gasteiger partial charge in [-0.2, -0.15) is 8.80 Å². The first-order chi connectivity index (χ1) is 15.8. The molecule has 0 unspecified atom stereocenters. The minimum Gasteiger partial charge on any atom is -0.385 e. The lowest BCUT2D eigenvalue weighted by atomic mass is 10.1. The van der Waals surface area contributed by atoms with E-state index in [0.29, 0.717) is 0 Å². The van der Waals surface area contributed by atoms with Crippen molar-refractivity contribution in [2.24, 2.45) is 0 Å². The molecule has 32 heavy (non-hydrogen) atoms. The molecule has 0 saturated carbocycles. The molecule has 0 aliphatic carbocycles. The van der Waals surface area contributed by atoms with Crippen molar-refractivity contribution in [2.45, 2.75) is 58.3 Å². The van der Waals surface area contributed by atoms with Crippen molar-refractivity contribution in [3.8, 4) is 0 Å². The summed E-state index contributed by atoms with van der Waals surface area (Å²) < 4.78 is 4.67. The zero-order valence-electron chi connectivity index (χ0n) is 19.2. The van der Waals surface area contributed by atoms with E-state index in [0.717, 1.165) is 6.54 Å². The highest BCUT2D eigenvalue weighted by Crippen LogP contribution is 2.24. The van der Waals surface area contributed by atoms with E-state index in [1.54, 1.807) is 0 Å². The van der Waals surface area contributed by atoms with E-state index in [1.165, 1.54) is 90.0 Å². The Bertz CT molecular complexity index is 1350. The zero-order chi connectivity index (χ0) is 21.8. The molecular weight excluding hydrogens is 390 g/mol. The van der Waals surface area contributed by atoms with Gasteiger partial charge in [-0.05, 0) is 48.9 Å². The largest absolute Gasteiger partial charge is 0.385 e. The summed E-state index contributed by atoms with van der Waals surface area (Å²) >= 11 is 0. The standard InChI is InChI=1S/C29H34N3/c1-2-3-4-5-6-7-8-11-20-30-25-16-18-28-24(21-25)14-17-26-22-31-27-13-10-9-12-23(27)15-19-29(31)32(26)28/h9-10,12-19,21-22,30H,2-8,11,20H2,1H3/q+1. The molecule has 0 amide bonds. The average molecular weight is 425 g/mol. The number of pyridine rings is 2. The molecule has 5 rings (SSSR count). The van der Waals surface area contributed by atoms with Crippen LogP contribution in [-0.4, -0.2) is 10.9 Å². The fraction of sp³-hybridized carbons (Fsp3) is 0.345. The normalized spacial score (nSPS) is 11.8. The summed E-state index contributed by atoms with van der Waals surface area (Å²) in [6.45, 7) is 3.33. The minimum absolute atomic E-state index is 1.05. The summed E-state index contributed by atoms with van der Waals surface area (Å²) in [5.41, 5.74) is 6.12. The van der Waals surface area contributed by atoms with Crippen LogP contribution >= 0.6 is 0 Å². The smallest absolute Gasteiger partial charge is 0.292 e. The topological polar surface area (TPSA) is 20.5 Å². The van der Waals surface area contributed by atoms with Crippen molar-refractivity contribution in [1.82, 2.24) is 4.40 Å². The maximum absolute atomic E-state index is 3.64. The van der Waals surface area contributed by atoms with Gasteiger partial charge in [0.2, 0.25) is 0 Å². The number of imidazole rings is 1. The summed E-state index contributed by atoms with van der Waals surface area (Å²) in [5.74, 6) is 0. The van der Waals surface area contributed by atoms with Crippen molar-refractivity contribution in [1.29, 1.82) is 0 Å². The van der Waals surface area contributed by atoms with Crippen LogP contribution in [0.5, 0.6) is 0 Å². The quantitative estimate of drug-likeness (QED) is 0.181. The number of nitrogens with zero attached hydrogens (tertiary/aromatic N) is 2. The van der Waals surface area contributed by atoms with Gasteiger partial charge >= 0.3 is 0 Å². The van der Waals surface area contributed by atoms with Gasteiger partial charge in [0.1, 0.15) is 17.2 Å². The highest BCUT2D eigenvalue weighted by molar-refractivity contribution is 5.88. The number of nitrogens with one attached hydrogen (secondary N) is 1. The molecular formula is C29H34N3+. The number of benzene rings is 2.